The van der Waals surface area contributed by atoms with Crippen molar-refractivity contribution in [1.82, 2.24) is 14.2 Å². The predicted molar refractivity (Wildman–Crippen MR) is 135 cm³/mol. The van der Waals surface area contributed by atoms with Gasteiger partial charge in [0, 0.05) is 36.9 Å². The van der Waals surface area contributed by atoms with Crippen molar-refractivity contribution in [2.24, 2.45) is 0 Å². The second kappa shape index (κ2) is 9.71. The van der Waals surface area contributed by atoms with Crippen molar-refractivity contribution in [3.05, 3.63) is 93.5 Å². The minimum atomic E-state index is 0.0127. The van der Waals surface area contributed by atoms with Gasteiger partial charge in [0.2, 0.25) is 0 Å². The van der Waals surface area contributed by atoms with Gasteiger partial charge in [-0.05, 0) is 42.0 Å². The van der Waals surface area contributed by atoms with Gasteiger partial charge in [0.25, 0.3) is 5.56 Å². The Labute approximate surface area is 204 Å². The third kappa shape index (κ3) is 4.30. The number of hydrogen-bond acceptors (Lipinski definition) is 4. The highest BCUT2D eigenvalue weighted by atomic mass is 16.1. The molecular formula is C29H28N4O2. The van der Waals surface area contributed by atoms with Crippen LogP contribution in [0.15, 0.2) is 65.6 Å². The van der Waals surface area contributed by atoms with Crippen LogP contribution in [0, 0.1) is 11.3 Å². The number of Topliss-reactive ketones (excluding diaryl/α,β-unsaturated/α-hetero) is 1. The summed E-state index contributed by atoms with van der Waals surface area (Å²) in [6.45, 7) is 2.11. The molecule has 0 saturated heterocycles. The summed E-state index contributed by atoms with van der Waals surface area (Å²) in [4.78, 5) is 25.8. The molecule has 6 heteroatoms. The molecule has 0 atom stereocenters. The highest BCUT2D eigenvalue weighted by molar-refractivity contribution is 5.79. The molecule has 2 aromatic carbocycles. The van der Waals surface area contributed by atoms with Crippen LogP contribution in [-0.4, -0.2) is 20.0 Å². The molecule has 0 spiro atoms. The van der Waals surface area contributed by atoms with Gasteiger partial charge < -0.3 is 0 Å². The number of hydrogen-bond donors (Lipinski definition) is 0. The largest absolute Gasteiger partial charge is 0.300 e. The number of carbonyl (C=O) groups is 1. The van der Waals surface area contributed by atoms with Crippen LogP contribution >= 0.6 is 0 Å². The number of benzene rings is 2. The van der Waals surface area contributed by atoms with Crippen molar-refractivity contribution in [2.45, 2.75) is 57.9 Å². The molecule has 1 aliphatic rings. The Kier molecular flexibility index (Phi) is 6.33. The van der Waals surface area contributed by atoms with Crippen LogP contribution < -0.4 is 5.56 Å². The van der Waals surface area contributed by atoms with Crippen molar-refractivity contribution >= 4 is 11.4 Å². The second-order valence-electron chi connectivity index (χ2n) is 9.25. The lowest BCUT2D eigenvalue weighted by molar-refractivity contribution is -0.120. The molecule has 0 radical (unpaired) electrons. The van der Waals surface area contributed by atoms with Gasteiger partial charge in [0.05, 0.1) is 23.5 Å². The standard InChI is InChI=1S/C29H28N4O2/c1-2-5-27-26(18-20-8-10-21(11-9-20)25-7-4-3-6-22(25)19-30)29(35)32(28-16-17-31-33(27)28)23-12-14-24(34)15-13-23/h3-4,6-11,16-17,23H,2,5,12-15,18H2,1H3. The van der Waals surface area contributed by atoms with Gasteiger partial charge in [-0.2, -0.15) is 10.4 Å². The predicted octanol–water partition coefficient (Wildman–Crippen LogP) is 5.26. The number of carbonyl (C=O) groups excluding carboxylic acids is 1. The first kappa shape index (κ1) is 22.8. The van der Waals surface area contributed by atoms with Gasteiger partial charge in [-0.1, -0.05) is 55.8 Å². The Balaban J connectivity index is 1.56. The fourth-order valence-corrected chi connectivity index (χ4v) is 5.23. The van der Waals surface area contributed by atoms with E-state index in [0.717, 1.165) is 46.4 Å². The Morgan fingerprint density at radius 3 is 2.49 bits per heavy atom. The third-order valence-corrected chi connectivity index (χ3v) is 7.01. The van der Waals surface area contributed by atoms with E-state index in [2.05, 4.69) is 18.1 Å². The zero-order chi connectivity index (χ0) is 24.4. The number of ketones is 1. The van der Waals surface area contributed by atoms with Crippen LogP contribution in [0.25, 0.3) is 16.8 Å². The number of rotatable bonds is 6. The maximum atomic E-state index is 13.9. The summed E-state index contributed by atoms with van der Waals surface area (Å²) in [5.74, 6) is 0.278. The Bertz CT molecular complexity index is 1480. The SMILES string of the molecule is CCCc1c(Cc2ccc(-c3ccccc3C#N)cc2)c(=O)n(C2CCC(=O)CC2)c2ccnn12. The minimum absolute atomic E-state index is 0.0127. The molecule has 2 heterocycles. The summed E-state index contributed by atoms with van der Waals surface area (Å²) in [6, 6.07) is 19.9. The van der Waals surface area contributed by atoms with E-state index in [1.54, 1.807) is 6.20 Å². The van der Waals surface area contributed by atoms with Crippen LogP contribution in [0.3, 0.4) is 0 Å². The molecule has 35 heavy (non-hydrogen) atoms. The van der Waals surface area contributed by atoms with E-state index >= 15 is 0 Å². The lowest BCUT2D eigenvalue weighted by Gasteiger charge is -2.26. The van der Waals surface area contributed by atoms with Crippen LogP contribution in [-0.2, 0) is 17.6 Å². The van der Waals surface area contributed by atoms with Crippen molar-refractivity contribution in [3.63, 3.8) is 0 Å². The van der Waals surface area contributed by atoms with Crippen molar-refractivity contribution in [3.8, 4) is 17.2 Å². The molecule has 0 aliphatic heterocycles. The topological polar surface area (TPSA) is 80.2 Å². The maximum absolute atomic E-state index is 13.9. The van der Waals surface area contributed by atoms with E-state index in [1.807, 2.05) is 63.7 Å². The van der Waals surface area contributed by atoms with Crippen molar-refractivity contribution in [2.75, 3.05) is 0 Å². The Hall–Kier alpha value is -3.98. The Morgan fingerprint density at radius 2 is 1.77 bits per heavy atom. The van der Waals surface area contributed by atoms with Gasteiger partial charge in [0.1, 0.15) is 11.4 Å². The van der Waals surface area contributed by atoms with Crippen LogP contribution in [0.2, 0.25) is 0 Å². The fourth-order valence-electron chi connectivity index (χ4n) is 5.23. The molecule has 4 aromatic rings. The molecule has 6 nitrogen and oxygen atoms in total. The lowest BCUT2D eigenvalue weighted by atomic mass is 9.93. The summed E-state index contributed by atoms with van der Waals surface area (Å²) in [7, 11) is 0. The van der Waals surface area contributed by atoms with Crippen molar-refractivity contribution in [1.29, 1.82) is 5.26 Å². The quantitative estimate of drug-likeness (QED) is 0.390. The van der Waals surface area contributed by atoms with Gasteiger partial charge >= 0.3 is 0 Å². The van der Waals surface area contributed by atoms with E-state index in [1.165, 1.54) is 0 Å². The number of nitriles is 1. The second-order valence-corrected chi connectivity index (χ2v) is 9.25. The first-order valence-electron chi connectivity index (χ1n) is 12.3. The summed E-state index contributed by atoms with van der Waals surface area (Å²) in [5.41, 5.74) is 6.12. The van der Waals surface area contributed by atoms with E-state index < -0.39 is 0 Å². The molecule has 0 N–H and O–H groups in total. The monoisotopic (exact) mass is 464 g/mol. The van der Waals surface area contributed by atoms with E-state index in [4.69, 9.17) is 0 Å². The van der Waals surface area contributed by atoms with Gasteiger partial charge in [0.15, 0.2) is 0 Å². The smallest absolute Gasteiger partial charge is 0.257 e. The van der Waals surface area contributed by atoms with E-state index in [0.29, 0.717) is 37.7 Å². The summed E-state index contributed by atoms with van der Waals surface area (Å²) in [5, 5.41) is 14.0. The highest BCUT2D eigenvalue weighted by Crippen LogP contribution is 2.29. The van der Waals surface area contributed by atoms with E-state index in [-0.39, 0.29) is 17.4 Å². The number of aromatic nitrogens is 3. The highest BCUT2D eigenvalue weighted by Gasteiger charge is 2.26. The number of nitrogens with zero attached hydrogens (tertiary/aromatic N) is 4. The summed E-state index contributed by atoms with van der Waals surface area (Å²) >= 11 is 0. The van der Waals surface area contributed by atoms with Crippen LogP contribution in [0.4, 0.5) is 0 Å². The van der Waals surface area contributed by atoms with E-state index in [9.17, 15) is 14.9 Å². The van der Waals surface area contributed by atoms with Gasteiger partial charge in [-0.25, -0.2) is 4.52 Å². The fraction of sp³-hybridized carbons (Fsp3) is 0.310. The lowest BCUT2D eigenvalue weighted by Crippen LogP contribution is -2.33. The first-order valence-corrected chi connectivity index (χ1v) is 12.3. The van der Waals surface area contributed by atoms with Gasteiger partial charge in [-0.15, -0.1) is 0 Å². The minimum Gasteiger partial charge on any atom is -0.300 e. The molecule has 5 rings (SSSR count). The molecule has 1 aliphatic carbocycles. The normalized spacial score (nSPS) is 14.3. The van der Waals surface area contributed by atoms with Gasteiger partial charge in [-0.3, -0.25) is 14.2 Å². The average Bonchev–Trinajstić information content (AvgIpc) is 3.37. The zero-order valence-electron chi connectivity index (χ0n) is 19.9. The molecule has 0 unspecified atom stereocenters. The van der Waals surface area contributed by atoms with Crippen molar-refractivity contribution < 1.29 is 4.79 Å². The van der Waals surface area contributed by atoms with Crippen LogP contribution in [0.1, 0.15) is 67.5 Å². The molecule has 2 aromatic heterocycles. The Morgan fingerprint density at radius 1 is 1.03 bits per heavy atom. The average molecular weight is 465 g/mol. The first-order chi connectivity index (χ1) is 17.1. The maximum Gasteiger partial charge on any atom is 0.257 e. The molecular weight excluding hydrogens is 436 g/mol. The molecule has 0 bridgehead atoms. The summed E-state index contributed by atoms with van der Waals surface area (Å²) < 4.78 is 3.81. The third-order valence-electron chi connectivity index (χ3n) is 7.01. The summed E-state index contributed by atoms with van der Waals surface area (Å²) in [6.07, 6.45) is 6.37. The van der Waals surface area contributed by atoms with Crippen LogP contribution in [0.5, 0.6) is 0 Å². The molecule has 1 fully saturated rings. The molecule has 176 valence electrons. The molecule has 0 amide bonds. The number of fused-ring (bicyclic) bond motifs is 1. The zero-order valence-corrected chi connectivity index (χ0v) is 19.9. The number of aryl methyl sites for hydroxylation is 1. The molecule has 1 saturated carbocycles.